The lowest BCUT2D eigenvalue weighted by molar-refractivity contribution is 0.00761. The third-order valence-electron chi connectivity index (χ3n) is 2.38. The first-order valence-electron chi connectivity index (χ1n) is 5.87. The van der Waals surface area contributed by atoms with Gasteiger partial charge >= 0.3 is 0 Å². The fourth-order valence-electron chi connectivity index (χ4n) is 1.53. The molecule has 17 heavy (non-hydrogen) atoms. The van der Waals surface area contributed by atoms with E-state index >= 15 is 0 Å². The Hall–Kier alpha value is -0.610. The molecule has 1 rings (SSSR count). The molecule has 0 radical (unpaired) electrons. The van der Waals surface area contributed by atoms with Gasteiger partial charge in [0.2, 0.25) is 0 Å². The summed E-state index contributed by atoms with van der Waals surface area (Å²) >= 11 is 5.86. The fourth-order valence-corrected chi connectivity index (χ4v) is 1.66. The van der Waals surface area contributed by atoms with Crippen molar-refractivity contribution in [3.05, 3.63) is 34.9 Å². The van der Waals surface area contributed by atoms with Crippen molar-refractivity contribution in [1.82, 2.24) is 5.32 Å². The van der Waals surface area contributed by atoms with Crippen molar-refractivity contribution in [3.8, 4) is 0 Å². The summed E-state index contributed by atoms with van der Waals surface area (Å²) in [6, 6.07) is 7.74. The molecule has 1 aromatic rings. The van der Waals surface area contributed by atoms with Gasteiger partial charge in [-0.15, -0.1) is 0 Å². The van der Waals surface area contributed by atoms with Gasteiger partial charge in [0.05, 0.1) is 19.3 Å². The highest BCUT2D eigenvalue weighted by Gasteiger charge is 2.10. The lowest BCUT2D eigenvalue weighted by atomic mass is 10.1. The molecule has 0 spiro atoms. The maximum Gasteiger partial charge on any atom is 0.0950 e. The van der Waals surface area contributed by atoms with Crippen LogP contribution >= 0.6 is 11.6 Å². The Labute approximate surface area is 108 Å². The maximum absolute atomic E-state index is 5.86. The standard InChI is InChI=1S/C13H20ClNO2/c1-3-16-8-9-17-13(10-15-2)11-4-6-12(14)7-5-11/h4-7,13,15H,3,8-10H2,1-2H3. The molecule has 0 fully saturated rings. The van der Waals surface area contributed by atoms with Crippen molar-refractivity contribution in [2.75, 3.05) is 33.4 Å². The summed E-state index contributed by atoms with van der Waals surface area (Å²) < 4.78 is 11.0. The molecule has 0 amide bonds. The van der Waals surface area contributed by atoms with Gasteiger partial charge in [0.1, 0.15) is 0 Å². The van der Waals surface area contributed by atoms with E-state index < -0.39 is 0 Å². The maximum atomic E-state index is 5.86. The van der Waals surface area contributed by atoms with Crippen LogP contribution in [0.3, 0.4) is 0 Å². The molecular formula is C13H20ClNO2. The summed E-state index contributed by atoms with van der Waals surface area (Å²) in [5, 5.41) is 3.86. The van der Waals surface area contributed by atoms with E-state index in [1.807, 2.05) is 38.2 Å². The van der Waals surface area contributed by atoms with Crippen LogP contribution in [0.2, 0.25) is 5.02 Å². The molecule has 0 aliphatic carbocycles. The first kappa shape index (κ1) is 14.5. The second-order valence-corrected chi connectivity index (χ2v) is 4.10. The van der Waals surface area contributed by atoms with Gasteiger partial charge in [-0.1, -0.05) is 23.7 Å². The van der Waals surface area contributed by atoms with Crippen LogP contribution in [0.5, 0.6) is 0 Å². The average molecular weight is 258 g/mol. The van der Waals surface area contributed by atoms with Crippen LogP contribution in [0.25, 0.3) is 0 Å². The number of hydrogen-bond donors (Lipinski definition) is 1. The molecule has 0 aromatic heterocycles. The highest BCUT2D eigenvalue weighted by molar-refractivity contribution is 6.30. The van der Waals surface area contributed by atoms with Crippen molar-refractivity contribution >= 4 is 11.6 Å². The second kappa shape index (κ2) is 8.48. The highest BCUT2D eigenvalue weighted by atomic mass is 35.5. The Morgan fingerprint density at radius 1 is 1.24 bits per heavy atom. The minimum absolute atomic E-state index is 0.0396. The minimum atomic E-state index is 0.0396. The zero-order valence-corrected chi connectivity index (χ0v) is 11.2. The molecule has 1 aromatic carbocycles. The first-order valence-corrected chi connectivity index (χ1v) is 6.25. The normalized spacial score (nSPS) is 12.6. The molecule has 1 N–H and O–H groups in total. The molecule has 0 heterocycles. The van der Waals surface area contributed by atoms with E-state index in [1.54, 1.807) is 0 Å². The Balaban J connectivity index is 2.49. The van der Waals surface area contributed by atoms with Crippen LogP contribution in [-0.2, 0) is 9.47 Å². The summed E-state index contributed by atoms with van der Waals surface area (Å²) in [5.74, 6) is 0. The van der Waals surface area contributed by atoms with Gasteiger partial charge in [0.25, 0.3) is 0 Å². The van der Waals surface area contributed by atoms with Crippen molar-refractivity contribution in [2.45, 2.75) is 13.0 Å². The predicted octanol–water partition coefficient (Wildman–Crippen LogP) is 2.65. The van der Waals surface area contributed by atoms with Gasteiger partial charge in [0, 0.05) is 18.2 Å². The van der Waals surface area contributed by atoms with E-state index in [9.17, 15) is 0 Å². The van der Waals surface area contributed by atoms with Crippen LogP contribution in [0, 0.1) is 0 Å². The zero-order chi connectivity index (χ0) is 12.5. The summed E-state index contributed by atoms with van der Waals surface area (Å²) in [6.07, 6.45) is 0.0396. The molecule has 1 unspecified atom stereocenters. The minimum Gasteiger partial charge on any atom is -0.379 e. The zero-order valence-electron chi connectivity index (χ0n) is 10.4. The molecule has 0 aliphatic heterocycles. The summed E-state index contributed by atoms with van der Waals surface area (Å²) in [6.45, 7) is 4.70. The number of halogens is 1. The van der Waals surface area contributed by atoms with Crippen LogP contribution < -0.4 is 5.32 Å². The topological polar surface area (TPSA) is 30.5 Å². The second-order valence-electron chi connectivity index (χ2n) is 3.67. The van der Waals surface area contributed by atoms with Gasteiger partial charge in [0.15, 0.2) is 0 Å². The number of nitrogens with one attached hydrogen (secondary N) is 1. The number of ether oxygens (including phenoxy) is 2. The quantitative estimate of drug-likeness (QED) is 0.727. The predicted molar refractivity (Wildman–Crippen MR) is 70.6 cm³/mol. The third-order valence-corrected chi connectivity index (χ3v) is 2.63. The Morgan fingerprint density at radius 3 is 2.53 bits per heavy atom. The number of rotatable bonds is 8. The molecular weight excluding hydrogens is 238 g/mol. The van der Waals surface area contributed by atoms with Crippen molar-refractivity contribution in [3.63, 3.8) is 0 Å². The summed E-state index contributed by atoms with van der Waals surface area (Å²) in [4.78, 5) is 0. The smallest absolute Gasteiger partial charge is 0.0950 e. The van der Waals surface area contributed by atoms with Crippen LogP contribution in [0.4, 0.5) is 0 Å². The highest BCUT2D eigenvalue weighted by Crippen LogP contribution is 2.19. The molecule has 4 heteroatoms. The number of benzene rings is 1. The van der Waals surface area contributed by atoms with Crippen molar-refractivity contribution < 1.29 is 9.47 Å². The van der Waals surface area contributed by atoms with Crippen LogP contribution in [-0.4, -0.2) is 33.4 Å². The Bertz CT molecular complexity index is 303. The van der Waals surface area contributed by atoms with Crippen LogP contribution in [0.1, 0.15) is 18.6 Å². The van der Waals surface area contributed by atoms with E-state index in [2.05, 4.69) is 5.32 Å². The Morgan fingerprint density at radius 2 is 1.94 bits per heavy atom. The molecule has 0 bridgehead atoms. The largest absolute Gasteiger partial charge is 0.379 e. The number of hydrogen-bond acceptors (Lipinski definition) is 3. The fraction of sp³-hybridized carbons (Fsp3) is 0.538. The lowest BCUT2D eigenvalue weighted by Crippen LogP contribution is -2.21. The molecule has 0 aliphatic rings. The monoisotopic (exact) mass is 257 g/mol. The van der Waals surface area contributed by atoms with E-state index in [4.69, 9.17) is 21.1 Å². The Kier molecular flexibility index (Phi) is 7.21. The van der Waals surface area contributed by atoms with Crippen molar-refractivity contribution in [2.24, 2.45) is 0 Å². The SMILES string of the molecule is CCOCCOC(CNC)c1ccc(Cl)cc1. The molecule has 96 valence electrons. The first-order chi connectivity index (χ1) is 8.27. The van der Waals surface area contributed by atoms with E-state index in [-0.39, 0.29) is 6.10 Å². The molecule has 1 atom stereocenters. The van der Waals surface area contributed by atoms with Gasteiger partial charge in [-0.05, 0) is 31.7 Å². The summed E-state index contributed by atoms with van der Waals surface area (Å²) in [7, 11) is 1.91. The van der Waals surface area contributed by atoms with Crippen LogP contribution in [0.15, 0.2) is 24.3 Å². The van der Waals surface area contributed by atoms with E-state index in [1.165, 1.54) is 0 Å². The third kappa shape index (κ3) is 5.50. The molecule has 3 nitrogen and oxygen atoms in total. The average Bonchev–Trinajstić information content (AvgIpc) is 2.34. The van der Waals surface area contributed by atoms with Gasteiger partial charge in [-0.2, -0.15) is 0 Å². The summed E-state index contributed by atoms with van der Waals surface area (Å²) in [5.41, 5.74) is 1.13. The molecule has 0 saturated heterocycles. The molecule has 0 saturated carbocycles. The lowest BCUT2D eigenvalue weighted by Gasteiger charge is -2.18. The number of likely N-dealkylation sites (N-methyl/N-ethyl adjacent to an activating group) is 1. The van der Waals surface area contributed by atoms with Gasteiger partial charge < -0.3 is 14.8 Å². The van der Waals surface area contributed by atoms with E-state index in [0.717, 1.165) is 23.7 Å². The van der Waals surface area contributed by atoms with E-state index in [0.29, 0.717) is 13.2 Å². The van der Waals surface area contributed by atoms with Gasteiger partial charge in [-0.25, -0.2) is 0 Å². The van der Waals surface area contributed by atoms with Gasteiger partial charge in [-0.3, -0.25) is 0 Å². The van der Waals surface area contributed by atoms with Crippen molar-refractivity contribution in [1.29, 1.82) is 0 Å².